The molecule has 2 aromatic rings. The minimum absolute atomic E-state index is 0.0597. The van der Waals surface area contributed by atoms with Crippen molar-refractivity contribution in [2.75, 3.05) is 6.61 Å². The highest BCUT2D eigenvalue weighted by atomic mass is 16.5. The van der Waals surface area contributed by atoms with Gasteiger partial charge in [0.05, 0.1) is 6.61 Å². The van der Waals surface area contributed by atoms with E-state index in [0.717, 1.165) is 17.7 Å². The third-order valence-corrected chi connectivity index (χ3v) is 3.12. The maximum Gasteiger partial charge on any atom is 0.123 e. The van der Waals surface area contributed by atoms with E-state index in [1.807, 2.05) is 48.5 Å². The van der Waals surface area contributed by atoms with Crippen LogP contribution in [0.15, 0.2) is 60.7 Å². The van der Waals surface area contributed by atoms with Gasteiger partial charge in [-0.05, 0) is 29.7 Å². The van der Waals surface area contributed by atoms with E-state index in [9.17, 15) is 0 Å². The molecule has 104 valence electrons. The van der Waals surface area contributed by atoms with E-state index in [-0.39, 0.29) is 12.7 Å². The topological polar surface area (TPSA) is 29.5 Å². The van der Waals surface area contributed by atoms with Crippen molar-refractivity contribution < 1.29 is 9.84 Å². The Bertz CT molecular complexity index is 529. The van der Waals surface area contributed by atoms with E-state index in [1.165, 1.54) is 5.56 Å². The molecule has 0 heterocycles. The van der Waals surface area contributed by atoms with Crippen LogP contribution in [0.1, 0.15) is 30.6 Å². The highest BCUT2D eigenvalue weighted by Crippen LogP contribution is 2.24. The third kappa shape index (κ3) is 3.97. The molecule has 2 aromatic carbocycles. The van der Waals surface area contributed by atoms with E-state index in [4.69, 9.17) is 9.84 Å². The number of hydrogen-bond donors (Lipinski definition) is 1. The molecule has 1 atom stereocenters. The average molecular weight is 268 g/mol. The molecule has 1 N–H and O–H groups in total. The van der Waals surface area contributed by atoms with Gasteiger partial charge in [0, 0.05) is 0 Å². The van der Waals surface area contributed by atoms with Gasteiger partial charge in [-0.25, -0.2) is 0 Å². The largest absolute Gasteiger partial charge is 0.486 e. The van der Waals surface area contributed by atoms with Crippen molar-refractivity contribution >= 4 is 6.08 Å². The molecule has 0 fully saturated rings. The normalized spacial score (nSPS) is 12.5. The second-order valence-electron chi connectivity index (χ2n) is 4.58. The van der Waals surface area contributed by atoms with Crippen LogP contribution in [0, 0.1) is 0 Å². The molecule has 0 radical (unpaired) electrons. The van der Waals surface area contributed by atoms with Crippen LogP contribution in [-0.2, 0) is 0 Å². The van der Waals surface area contributed by atoms with Crippen molar-refractivity contribution in [2.45, 2.75) is 19.4 Å². The highest BCUT2D eigenvalue weighted by Gasteiger charge is 2.10. The zero-order valence-corrected chi connectivity index (χ0v) is 11.7. The molecule has 0 spiro atoms. The number of hydrogen-bond acceptors (Lipinski definition) is 2. The number of benzene rings is 2. The Hall–Kier alpha value is -2.06. The summed E-state index contributed by atoms with van der Waals surface area (Å²) in [6.45, 7) is 2.18. The van der Waals surface area contributed by atoms with Crippen LogP contribution in [0.5, 0.6) is 5.75 Å². The SMILES string of the molecule is CCC(Oc1ccc(C=CCO)cc1)c1ccccc1. The zero-order chi connectivity index (χ0) is 14.2. The minimum Gasteiger partial charge on any atom is -0.486 e. The molecule has 0 saturated heterocycles. The smallest absolute Gasteiger partial charge is 0.123 e. The first-order valence-corrected chi connectivity index (χ1v) is 6.92. The first-order valence-electron chi connectivity index (χ1n) is 6.92. The average Bonchev–Trinajstić information content (AvgIpc) is 2.52. The molecule has 0 aromatic heterocycles. The predicted octanol–water partition coefficient (Wildman–Crippen LogP) is 4.22. The van der Waals surface area contributed by atoms with Crippen molar-refractivity contribution in [3.8, 4) is 5.75 Å². The summed E-state index contributed by atoms with van der Waals surface area (Å²) in [5.41, 5.74) is 2.25. The van der Waals surface area contributed by atoms with E-state index in [0.29, 0.717) is 0 Å². The van der Waals surface area contributed by atoms with E-state index >= 15 is 0 Å². The van der Waals surface area contributed by atoms with Crippen LogP contribution in [0.4, 0.5) is 0 Å². The molecule has 2 nitrogen and oxygen atoms in total. The number of aliphatic hydroxyl groups is 1. The molecule has 0 amide bonds. The van der Waals surface area contributed by atoms with Gasteiger partial charge in [-0.3, -0.25) is 0 Å². The Kier molecular flexibility index (Phi) is 5.39. The van der Waals surface area contributed by atoms with Gasteiger partial charge in [-0.15, -0.1) is 0 Å². The molecular weight excluding hydrogens is 248 g/mol. The van der Waals surface area contributed by atoms with Gasteiger partial charge in [-0.2, -0.15) is 0 Å². The monoisotopic (exact) mass is 268 g/mol. The lowest BCUT2D eigenvalue weighted by molar-refractivity contribution is 0.201. The molecule has 2 rings (SSSR count). The van der Waals surface area contributed by atoms with Crippen molar-refractivity contribution in [3.63, 3.8) is 0 Å². The van der Waals surface area contributed by atoms with Crippen molar-refractivity contribution in [1.82, 2.24) is 0 Å². The van der Waals surface area contributed by atoms with Gasteiger partial charge in [0.2, 0.25) is 0 Å². The Morgan fingerprint density at radius 3 is 2.35 bits per heavy atom. The van der Waals surface area contributed by atoms with E-state index in [1.54, 1.807) is 6.08 Å². The second-order valence-corrected chi connectivity index (χ2v) is 4.58. The standard InChI is InChI=1S/C18H20O2/c1-2-18(16-8-4-3-5-9-16)20-17-12-10-15(11-13-17)7-6-14-19/h3-13,18-19H,2,14H2,1H3. The molecule has 2 heteroatoms. The Morgan fingerprint density at radius 1 is 1.05 bits per heavy atom. The van der Waals surface area contributed by atoms with Gasteiger partial charge in [0.15, 0.2) is 0 Å². The predicted molar refractivity (Wildman–Crippen MR) is 82.7 cm³/mol. The summed E-state index contributed by atoms with van der Waals surface area (Å²) in [5.74, 6) is 0.863. The van der Waals surface area contributed by atoms with E-state index in [2.05, 4.69) is 19.1 Å². The lowest BCUT2D eigenvalue weighted by Crippen LogP contribution is -2.06. The quantitative estimate of drug-likeness (QED) is 0.850. The fourth-order valence-corrected chi connectivity index (χ4v) is 2.07. The second kappa shape index (κ2) is 7.51. The Balaban J connectivity index is 2.06. The first kappa shape index (κ1) is 14.4. The summed E-state index contributed by atoms with van der Waals surface area (Å²) in [5, 5.41) is 8.75. The molecule has 0 aliphatic rings. The number of aliphatic hydroxyl groups excluding tert-OH is 1. The van der Waals surface area contributed by atoms with Crippen LogP contribution in [-0.4, -0.2) is 11.7 Å². The summed E-state index contributed by atoms with van der Waals surface area (Å²) < 4.78 is 6.04. The summed E-state index contributed by atoms with van der Waals surface area (Å²) in [7, 11) is 0. The maximum atomic E-state index is 8.75. The molecule has 1 unspecified atom stereocenters. The highest BCUT2D eigenvalue weighted by molar-refractivity contribution is 5.50. The van der Waals surface area contributed by atoms with Crippen molar-refractivity contribution in [2.24, 2.45) is 0 Å². The fourth-order valence-electron chi connectivity index (χ4n) is 2.07. The van der Waals surface area contributed by atoms with Gasteiger partial charge >= 0.3 is 0 Å². The van der Waals surface area contributed by atoms with Crippen molar-refractivity contribution in [3.05, 3.63) is 71.8 Å². The maximum absolute atomic E-state index is 8.75. The van der Waals surface area contributed by atoms with Crippen LogP contribution in [0.3, 0.4) is 0 Å². The fraction of sp³-hybridized carbons (Fsp3) is 0.222. The summed E-state index contributed by atoms with van der Waals surface area (Å²) in [6.07, 6.45) is 4.61. The van der Waals surface area contributed by atoms with E-state index < -0.39 is 0 Å². The Morgan fingerprint density at radius 2 is 1.75 bits per heavy atom. The van der Waals surface area contributed by atoms with Crippen LogP contribution in [0.25, 0.3) is 6.08 Å². The van der Waals surface area contributed by atoms with Gasteiger partial charge in [-0.1, -0.05) is 61.5 Å². The minimum atomic E-state index is 0.0597. The van der Waals surface area contributed by atoms with Crippen LogP contribution < -0.4 is 4.74 Å². The number of rotatable bonds is 6. The molecule has 0 aliphatic heterocycles. The molecule has 20 heavy (non-hydrogen) atoms. The number of ether oxygens (including phenoxy) is 1. The van der Waals surface area contributed by atoms with Crippen LogP contribution in [0.2, 0.25) is 0 Å². The van der Waals surface area contributed by atoms with Crippen LogP contribution >= 0.6 is 0 Å². The lowest BCUT2D eigenvalue weighted by atomic mass is 10.1. The summed E-state index contributed by atoms with van der Waals surface area (Å²) >= 11 is 0. The molecular formula is C18H20O2. The molecule has 0 saturated carbocycles. The van der Waals surface area contributed by atoms with Gasteiger partial charge < -0.3 is 9.84 Å². The van der Waals surface area contributed by atoms with Gasteiger partial charge in [0.1, 0.15) is 11.9 Å². The summed E-state index contributed by atoms with van der Waals surface area (Å²) in [4.78, 5) is 0. The molecule has 0 bridgehead atoms. The zero-order valence-electron chi connectivity index (χ0n) is 11.7. The summed E-state index contributed by atoms with van der Waals surface area (Å²) in [6, 6.07) is 18.1. The molecule has 0 aliphatic carbocycles. The first-order chi connectivity index (χ1) is 9.83. The van der Waals surface area contributed by atoms with Gasteiger partial charge in [0.25, 0.3) is 0 Å². The van der Waals surface area contributed by atoms with Crippen molar-refractivity contribution in [1.29, 1.82) is 0 Å². The Labute approximate surface area is 120 Å². The third-order valence-electron chi connectivity index (χ3n) is 3.12. The lowest BCUT2D eigenvalue weighted by Gasteiger charge is -2.18.